The molecule has 0 rings (SSSR count). The smallest absolute Gasteiger partial charge is 0.268 e. The van der Waals surface area contributed by atoms with E-state index in [2.05, 4.69) is 43.5 Å². The summed E-state index contributed by atoms with van der Waals surface area (Å²) in [4.78, 5) is 25.5. The zero-order valence-corrected chi connectivity index (χ0v) is 48.8. The van der Waals surface area contributed by atoms with E-state index in [9.17, 15) is 19.4 Å². The van der Waals surface area contributed by atoms with Gasteiger partial charge in [0, 0.05) is 6.42 Å². The lowest BCUT2D eigenvalue weighted by Crippen LogP contribution is -2.45. The normalized spacial score (nSPS) is 14.1. The number of likely N-dealkylation sites (N-methyl/N-ethyl adjacent to an activating group) is 1. The monoisotopic (exact) mass is 1020 g/mol. The summed E-state index contributed by atoms with van der Waals surface area (Å²) < 4.78 is 23.4. The Hall–Kier alpha value is -1.28. The van der Waals surface area contributed by atoms with Crippen LogP contribution in [0.5, 0.6) is 0 Å². The predicted molar refractivity (Wildman–Crippen MR) is 307 cm³/mol. The molecule has 3 atom stereocenters. The number of aliphatic hydroxyl groups excluding tert-OH is 1. The van der Waals surface area contributed by atoms with E-state index in [1.165, 1.54) is 238 Å². The molecule has 2 N–H and O–H groups in total. The number of rotatable bonds is 57. The van der Waals surface area contributed by atoms with Crippen molar-refractivity contribution in [2.45, 2.75) is 315 Å². The fraction of sp³-hybridized carbons (Fsp3) is 0.887. The Bertz CT molecular complexity index is 1250. The number of allylic oxidation sites excluding steroid dienone is 5. The minimum Gasteiger partial charge on any atom is -0.756 e. The van der Waals surface area contributed by atoms with Crippen molar-refractivity contribution >= 4 is 13.7 Å². The van der Waals surface area contributed by atoms with Gasteiger partial charge in [0.1, 0.15) is 13.2 Å². The molecule has 0 radical (unpaired) electrons. The number of nitrogens with one attached hydrogen (secondary N) is 1. The Balaban J connectivity index is 4.18. The summed E-state index contributed by atoms with van der Waals surface area (Å²) in [5.74, 6) is -0.198. The van der Waals surface area contributed by atoms with E-state index >= 15 is 0 Å². The van der Waals surface area contributed by atoms with E-state index < -0.39 is 20.0 Å². The predicted octanol–water partition coefficient (Wildman–Crippen LogP) is 18.3. The van der Waals surface area contributed by atoms with Gasteiger partial charge in [-0.2, -0.15) is 0 Å². The minimum absolute atomic E-state index is 0.00133. The van der Waals surface area contributed by atoms with E-state index in [0.29, 0.717) is 17.4 Å². The highest BCUT2D eigenvalue weighted by Gasteiger charge is 2.23. The van der Waals surface area contributed by atoms with E-state index in [1.54, 1.807) is 6.08 Å². The molecule has 420 valence electrons. The second-order valence-corrected chi connectivity index (χ2v) is 23.8. The maximum Gasteiger partial charge on any atom is 0.268 e. The third-order valence-corrected chi connectivity index (χ3v) is 15.1. The van der Waals surface area contributed by atoms with Gasteiger partial charge in [-0.25, -0.2) is 0 Å². The van der Waals surface area contributed by atoms with Crippen LogP contribution in [0.15, 0.2) is 36.5 Å². The van der Waals surface area contributed by atoms with Crippen LogP contribution < -0.4 is 10.2 Å². The van der Waals surface area contributed by atoms with Crippen LogP contribution in [-0.4, -0.2) is 68.5 Å². The van der Waals surface area contributed by atoms with Crippen LogP contribution in [-0.2, 0) is 18.4 Å². The lowest BCUT2D eigenvalue weighted by atomic mass is 10.0. The van der Waals surface area contributed by atoms with E-state index in [1.807, 2.05) is 27.2 Å². The van der Waals surface area contributed by atoms with Gasteiger partial charge in [0.05, 0.1) is 39.9 Å². The summed E-state index contributed by atoms with van der Waals surface area (Å²) in [6.07, 6.45) is 69.4. The number of carbonyl (C=O) groups excluding carboxylic acids is 1. The van der Waals surface area contributed by atoms with Gasteiger partial charge in [0.25, 0.3) is 7.82 Å². The second-order valence-electron chi connectivity index (χ2n) is 22.4. The third kappa shape index (κ3) is 56.3. The van der Waals surface area contributed by atoms with Gasteiger partial charge >= 0.3 is 0 Å². The first-order chi connectivity index (χ1) is 34.5. The van der Waals surface area contributed by atoms with Crippen molar-refractivity contribution in [3.63, 3.8) is 0 Å². The first-order valence-corrected chi connectivity index (χ1v) is 32.3. The molecule has 0 aliphatic rings. The maximum atomic E-state index is 13.0. The van der Waals surface area contributed by atoms with Crippen molar-refractivity contribution in [1.29, 1.82) is 0 Å². The van der Waals surface area contributed by atoms with Crippen molar-refractivity contribution in [2.75, 3.05) is 40.9 Å². The lowest BCUT2D eigenvalue weighted by Gasteiger charge is -2.29. The zero-order chi connectivity index (χ0) is 52.0. The highest BCUT2D eigenvalue weighted by Crippen LogP contribution is 2.38. The largest absolute Gasteiger partial charge is 0.756 e. The molecule has 8 nitrogen and oxygen atoms in total. The molecule has 0 bridgehead atoms. The summed E-state index contributed by atoms with van der Waals surface area (Å²) in [5.41, 5.74) is 0. The van der Waals surface area contributed by atoms with Crippen molar-refractivity contribution in [1.82, 2.24) is 5.32 Å². The number of nitrogens with zero attached hydrogens (tertiary/aromatic N) is 1. The second kappa shape index (κ2) is 53.5. The van der Waals surface area contributed by atoms with Crippen LogP contribution >= 0.6 is 7.82 Å². The van der Waals surface area contributed by atoms with Crippen molar-refractivity contribution in [3.8, 4) is 0 Å². The van der Waals surface area contributed by atoms with Crippen LogP contribution in [0.4, 0.5) is 0 Å². The topological polar surface area (TPSA) is 108 Å². The summed E-state index contributed by atoms with van der Waals surface area (Å²) >= 11 is 0. The molecular weight excluding hydrogens is 900 g/mol. The molecule has 71 heavy (non-hydrogen) atoms. The summed E-state index contributed by atoms with van der Waals surface area (Å²) in [6, 6.07) is -0.890. The Morgan fingerprint density at radius 1 is 0.493 bits per heavy atom. The number of quaternary nitrogens is 1. The molecule has 9 heteroatoms. The Labute approximate surface area is 442 Å². The lowest BCUT2D eigenvalue weighted by molar-refractivity contribution is -0.870. The number of carbonyl (C=O) groups is 1. The maximum absolute atomic E-state index is 13.0. The zero-order valence-electron chi connectivity index (χ0n) is 47.9. The molecule has 0 spiro atoms. The molecule has 1 amide bonds. The van der Waals surface area contributed by atoms with Gasteiger partial charge in [0.15, 0.2) is 0 Å². The van der Waals surface area contributed by atoms with Gasteiger partial charge in [-0.15, -0.1) is 0 Å². The Morgan fingerprint density at radius 2 is 0.817 bits per heavy atom. The van der Waals surface area contributed by atoms with E-state index in [0.717, 1.165) is 44.9 Å². The number of amides is 1. The van der Waals surface area contributed by atoms with Crippen molar-refractivity contribution in [3.05, 3.63) is 36.5 Å². The van der Waals surface area contributed by atoms with E-state index in [-0.39, 0.29) is 19.1 Å². The number of hydrogen-bond acceptors (Lipinski definition) is 6. The Morgan fingerprint density at radius 3 is 1.17 bits per heavy atom. The number of hydrogen-bond donors (Lipinski definition) is 2. The molecule has 0 aromatic carbocycles. The quantitative estimate of drug-likeness (QED) is 0.0272. The van der Waals surface area contributed by atoms with Gasteiger partial charge in [-0.3, -0.25) is 9.36 Å². The number of aliphatic hydroxyl groups is 1. The van der Waals surface area contributed by atoms with Crippen LogP contribution in [0.2, 0.25) is 0 Å². The minimum atomic E-state index is -4.60. The fourth-order valence-electron chi connectivity index (χ4n) is 9.25. The number of phosphoric ester groups is 1. The van der Waals surface area contributed by atoms with Gasteiger partial charge in [-0.05, 0) is 51.4 Å². The van der Waals surface area contributed by atoms with Gasteiger partial charge < -0.3 is 28.8 Å². The highest BCUT2D eigenvalue weighted by atomic mass is 31.2. The van der Waals surface area contributed by atoms with Crippen molar-refractivity contribution < 1.29 is 32.9 Å². The molecule has 0 aliphatic carbocycles. The fourth-order valence-corrected chi connectivity index (χ4v) is 9.97. The number of phosphoric acid groups is 1. The standard InChI is InChI=1S/C62H121N2O6P/c1-6-8-10-12-14-16-18-20-22-24-26-28-30-32-34-36-38-40-42-44-46-48-50-52-54-56-62(66)63-60(59-70-71(67,68)69-58-57-64(3,4)5)61(65)55-53-51-49-47-45-43-41-39-37-35-33-31-29-27-25-23-21-19-17-15-13-11-9-7-2/h26,28,32,34,53,55,60-61,65H,6-25,27,29-31,33,35-52,54,56-59H2,1-5H3,(H-,63,66,67,68)/b28-26-,34-32-,55-53+. The number of unbranched alkanes of at least 4 members (excludes halogenated alkanes) is 40. The summed E-state index contributed by atoms with van der Waals surface area (Å²) in [5, 5.41) is 13.9. The van der Waals surface area contributed by atoms with Crippen molar-refractivity contribution in [2.24, 2.45) is 0 Å². The first-order valence-electron chi connectivity index (χ1n) is 30.9. The van der Waals surface area contributed by atoms with Gasteiger partial charge in [-0.1, -0.05) is 281 Å². The summed E-state index contributed by atoms with van der Waals surface area (Å²) in [6.45, 7) is 4.69. The molecular formula is C62H121N2O6P. The molecule has 3 unspecified atom stereocenters. The molecule has 0 aromatic heterocycles. The van der Waals surface area contributed by atoms with Crippen LogP contribution in [0, 0.1) is 0 Å². The average Bonchev–Trinajstić information content (AvgIpc) is 3.33. The molecule has 0 heterocycles. The van der Waals surface area contributed by atoms with Gasteiger partial charge in [0.2, 0.25) is 5.91 Å². The average molecular weight is 1020 g/mol. The Kier molecular flexibility index (Phi) is 52.6. The third-order valence-electron chi connectivity index (χ3n) is 14.1. The van der Waals surface area contributed by atoms with Crippen LogP contribution in [0.3, 0.4) is 0 Å². The van der Waals surface area contributed by atoms with Crippen LogP contribution in [0.1, 0.15) is 303 Å². The summed E-state index contributed by atoms with van der Waals surface area (Å²) in [7, 11) is 1.27. The van der Waals surface area contributed by atoms with E-state index in [4.69, 9.17) is 9.05 Å². The molecule has 0 fully saturated rings. The highest BCUT2D eigenvalue weighted by molar-refractivity contribution is 7.45. The first kappa shape index (κ1) is 69.7. The molecule has 0 saturated heterocycles. The molecule has 0 saturated carbocycles. The molecule has 0 aliphatic heterocycles. The van der Waals surface area contributed by atoms with Crippen LogP contribution in [0.25, 0.3) is 0 Å². The SMILES string of the molecule is CCCCCCCCCCC/C=C\C/C=C\CCCCCCCCCCCC(=O)NC(COP(=O)([O-])OCC[N+](C)(C)C)C(O)/C=C/CCCCCCCCCCCCCCCCCCCCCCCC. The molecule has 0 aromatic rings.